The number of nitrogens with one attached hydrogen (secondary N) is 1. The van der Waals surface area contributed by atoms with E-state index in [0.29, 0.717) is 23.3 Å². The minimum Gasteiger partial charge on any atom is -0.508 e. The van der Waals surface area contributed by atoms with Crippen LogP contribution in [0.4, 0.5) is 5.69 Å². The van der Waals surface area contributed by atoms with Gasteiger partial charge in [-0.2, -0.15) is 5.26 Å². The van der Waals surface area contributed by atoms with Crippen molar-refractivity contribution >= 4 is 23.5 Å². The average molecular weight is 412 g/mol. The number of carbonyl (C=O) groups excluding carboxylic acids is 1. The number of nitrogens with zero attached hydrogens (tertiary/aromatic N) is 1. The first-order valence-corrected chi connectivity index (χ1v) is 8.73. The fourth-order valence-corrected chi connectivity index (χ4v) is 1.91. The Bertz CT molecular complexity index is 931. The molecule has 0 saturated heterocycles. The lowest BCUT2D eigenvalue weighted by molar-refractivity contribution is -0.133. The van der Waals surface area contributed by atoms with Crippen LogP contribution in [-0.2, 0) is 14.4 Å². The molecule has 0 heterocycles. The number of carboxylic acids is 2. The highest BCUT2D eigenvalue weighted by atomic mass is 16.4. The van der Waals surface area contributed by atoms with E-state index in [1.807, 2.05) is 0 Å². The predicted molar refractivity (Wildman–Crippen MR) is 113 cm³/mol. The molecule has 158 valence electrons. The molecule has 0 unspecified atom stereocenters. The number of rotatable bonds is 7. The summed E-state index contributed by atoms with van der Waals surface area (Å²) in [5.41, 5.74) is 1.43. The maximum atomic E-state index is 11.1. The van der Waals surface area contributed by atoms with E-state index in [4.69, 9.17) is 20.6 Å². The zero-order chi connectivity index (χ0) is 23.3. The SMILES string of the molecule is C=C(C)C(=O)Nc1ccc(O)cc1.CCC(C=C(C)C(=O)O)=C(C=CC#N)C(=O)O. The van der Waals surface area contributed by atoms with Gasteiger partial charge in [-0.3, -0.25) is 4.79 Å². The molecule has 0 atom stereocenters. The number of aliphatic carboxylic acids is 2. The molecule has 0 aliphatic carbocycles. The molecule has 0 saturated carbocycles. The molecule has 1 aromatic carbocycles. The normalized spacial score (nSPS) is 11.5. The topological polar surface area (TPSA) is 148 Å². The summed E-state index contributed by atoms with van der Waals surface area (Å²) in [5, 5.41) is 37.6. The van der Waals surface area contributed by atoms with Crippen LogP contribution in [0, 0.1) is 11.3 Å². The molecular formula is C22H24N2O6. The molecule has 4 N–H and O–H groups in total. The van der Waals surface area contributed by atoms with Gasteiger partial charge in [-0.1, -0.05) is 13.5 Å². The monoisotopic (exact) mass is 412 g/mol. The summed E-state index contributed by atoms with van der Waals surface area (Å²) >= 11 is 0. The second-order valence-electron chi connectivity index (χ2n) is 5.97. The first-order chi connectivity index (χ1) is 14.0. The zero-order valence-corrected chi connectivity index (χ0v) is 17.0. The molecule has 1 aromatic rings. The second-order valence-corrected chi connectivity index (χ2v) is 5.97. The Hall–Kier alpha value is -4.12. The van der Waals surface area contributed by atoms with Gasteiger partial charge in [0.2, 0.25) is 0 Å². The van der Waals surface area contributed by atoms with Gasteiger partial charge in [0, 0.05) is 22.9 Å². The maximum absolute atomic E-state index is 11.1. The summed E-state index contributed by atoms with van der Waals surface area (Å²) in [6.45, 7) is 8.23. The minimum atomic E-state index is -1.19. The highest BCUT2D eigenvalue weighted by Gasteiger charge is 2.10. The van der Waals surface area contributed by atoms with Gasteiger partial charge >= 0.3 is 11.9 Å². The summed E-state index contributed by atoms with van der Waals surface area (Å²) in [4.78, 5) is 32.7. The molecule has 1 rings (SSSR count). The van der Waals surface area contributed by atoms with Crippen LogP contribution in [0.15, 0.2) is 71.4 Å². The molecule has 0 bridgehead atoms. The van der Waals surface area contributed by atoms with Gasteiger partial charge in [0.15, 0.2) is 0 Å². The Kier molecular flexibility index (Phi) is 11.3. The Balaban J connectivity index is 0.000000579. The molecule has 0 aliphatic rings. The molecule has 0 aliphatic heterocycles. The number of aromatic hydroxyl groups is 1. The lowest BCUT2D eigenvalue weighted by Crippen LogP contribution is -2.11. The molecule has 8 nitrogen and oxygen atoms in total. The third kappa shape index (κ3) is 9.71. The van der Waals surface area contributed by atoms with Gasteiger partial charge in [0.05, 0.1) is 11.6 Å². The number of carboxylic acid groups (broad SMARTS) is 2. The van der Waals surface area contributed by atoms with Gasteiger partial charge in [0.1, 0.15) is 5.75 Å². The summed E-state index contributed by atoms with van der Waals surface area (Å²) < 4.78 is 0. The fraction of sp³-hybridized carbons (Fsp3) is 0.182. The summed E-state index contributed by atoms with van der Waals surface area (Å²) in [6, 6.07) is 7.95. The average Bonchev–Trinajstić information content (AvgIpc) is 2.68. The standard InChI is InChI=1S/C12H13NO4.C10H11NO2/c1-3-9(7-8(2)11(14)15)10(12(16)17)5-4-6-13;1-7(2)10(13)11-8-3-5-9(12)6-4-8/h4-5,7H,3H2,1-2H3,(H,14,15)(H,16,17);3-6,12H,1H2,2H3,(H,11,13). The van der Waals surface area contributed by atoms with Crippen LogP contribution in [0.1, 0.15) is 27.2 Å². The number of carbonyl (C=O) groups is 3. The summed E-state index contributed by atoms with van der Waals surface area (Å²) in [6.07, 6.45) is 3.87. The van der Waals surface area contributed by atoms with Crippen LogP contribution in [0.3, 0.4) is 0 Å². The largest absolute Gasteiger partial charge is 0.508 e. The number of phenolic OH excluding ortho intramolecular Hbond substituents is 1. The number of benzene rings is 1. The molecule has 0 aromatic heterocycles. The Morgan fingerprint density at radius 3 is 2.10 bits per heavy atom. The van der Waals surface area contributed by atoms with Gasteiger partial charge in [-0.15, -0.1) is 0 Å². The fourth-order valence-electron chi connectivity index (χ4n) is 1.91. The number of amides is 1. The van der Waals surface area contributed by atoms with E-state index in [-0.39, 0.29) is 22.8 Å². The highest BCUT2D eigenvalue weighted by molar-refractivity contribution is 6.02. The molecule has 0 fully saturated rings. The van der Waals surface area contributed by atoms with Crippen molar-refractivity contribution in [1.82, 2.24) is 0 Å². The van der Waals surface area contributed by atoms with Crippen LogP contribution in [0.2, 0.25) is 0 Å². The van der Waals surface area contributed by atoms with Crippen molar-refractivity contribution in [2.24, 2.45) is 0 Å². The van der Waals surface area contributed by atoms with E-state index in [1.165, 1.54) is 25.1 Å². The Morgan fingerprint density at radius 2 is 1.70 bits per heavy atom. The van der Waals surface area contributed by atoms with Gasteiger partial charge in [-0.05, 0) is 62.3 Å². The van der Waals surface area contributed by atoms with Crippen molar-refractivity contribution in [1.29, 1.82) is 5.26 Å². The highest BCUT2D eigenvalue weighted by Crippen LogP contribution is 2.15. The minimum absolute atomic E-state index is 0.0472. The quantitative estimate of drug-likeness (QED) is 0.230. The van der Waals surface area contributed by atoms with Gasteiger partial charge in [0.25, 0.3) is 5.91 Å². The van der Waals surface area contributed by atoms with Crippen molar-refractivity contribution in [2.75, 3.05) is 5.32 Å². The molecule has 8 heteroatoms. The molecule has 0 spiro atoms. The molecule has 1 amide bonds. The summed E-state index contributed by atoms with van der Waals surface area (Å²) in [7, 11) is 0. The van der Waals surface area contributed by atoms with Gasteiger partial charge < -0.3 is 20.6 Å². The number of allylic oxidation sites excluding steroid dienone is 3. The van der Waals surface area contributed by atoms with Crippen LogP contribution >= 0.6 is 0 Å². The molecule has 30 heavy (non-hydrogen) atoms. The number of anilines is 1. The third-order valence-corrected chi connectivity index (χ3v) is 3.52. The van der Waals surface area contributed by atoms with E-state index >= 15 is 0 Å². The van der Waals surface area contributed by atoms with Crippen molar-refractivity contribution in [2.45, 2.75) is 27.2 Å². The Morgan fingerprint density at radius 1 is 1.13 bits per heavy atom. The first kappa shape index (κ1) is 25.9. The van der Waals surface area contributed by atoms with E-state index in [1.54, 1.807) is 32.0 Å². The number of phenols is 1. The van der Waals surface area contributed by atoms with Gasteiger partial charge in [-0.25, -0.2) is 9.59 Å². The van der Waals surface area contributed by atoms with E-state index < -0.39 is 11.9 Å². The van der Waals surface area contributed by atoms with Crippen LogP contribution in [0.25, 0.3) is 0 Å². The summed E-state index contributed by atoms with van der Waals surface area (Å²) in [5.74, 6) is -2.34. The second kappa shape index (κ2) is 13.1. The first-order valence-electron chi connectivity index (χ1n) is 8.73. The van der Waals surface area contributed by atoms with Crippen LogP contribution < -0.4 is 5.32 Å². The zero-order valence-electron chi connectivity index (χ0n) is 17.0. The molecule has 0 radical (unpaired) electrons. The van der Waals surface area contributed by atoms with Crippen molar-refractivity contribution < 1.29 is 29.7 Å². The number of nitriles is 1. The van der Waals surface area contributed by atoms with E-state index in [2.05, 4.69) is 11.9 Å². The van der Waals surface area contributed by atoms with E-state index in [0.717, 1.165) is 12.2 Å². The maximum Gasteiger partial charge on any atom is 0.335 e. The Labute approximate surface area is 174 Å². The molecular weight excluding hydrogens is 388 g/mol. The number of hydrogen-bond acceptors (Lipinski definition) is 5. The lowest BCUT2D eigenvalue weighted by Gasteiger charge is -2.03. The van der Waals surface area contributed by atoms with Crippen LogP contribution in [0.5, 0.6) is 5.75 Å². The van der Waals surface area contributed by atoms with Crippen molar-refractivity contribution in [3.8, 4) is 11.8 Å². The third-order valence-electron chi connectivity index (χ3n) is 3.52. The smallest absolute Gasteiger partial charge is 0.335 e. The van der Waals surface area contributed by atoms with Crippen molar-refractivity contribution in [3.05, 3.63) is 71.4 Å². The van der Waals surface area contributed by atoms with E-state index in [9.17, 15) is 14.4 Å². The van der Waals surface area contributed by atoms with Crippen molar-refractivity contribution in [3.63, 3.8) is 0 Å². The lowest BCUT2D eigenvalue weighted by atomic mass is 10.0. The number of hydrogen-bond donors (Lipinski definition) is 4. The van der Waals surface area contributed by atoms with Crippen LogP contribution in [-0.4, -0.2) is 33.2 Å². The predicted octanol–water partition coefficient (Wildman–Crippen LogP) is 3.80.